The van der Waals surface area contributed by atoms with Crippen molar-refractivity contribution in [3.63, 3.8) is 0 Å². The lowest BCUT2D eigenvalue weighted by atomic mass is 9.90. The zero-order valence-corrected chi connectivity index (χ0v) is 11.4. The molecule has 0 spiro atoms. The summed E-state index contributed by atoms with van der Waals surface area (Å²) in [7, 11) is 0. The van der Waals surface area contributed by atoms with Gasteiger partial charge in [-0.3, -0.25) is 9.59 Å². The van der Waals surface area contributed by atoms with Crippen LogP contribution in [0.15, 0.2) is 30.3 Å². The Balaban J connectivity index is 1.85. The lowest BCUT2D eigenvalue weighted by Crippen LogP contribution is -2.41. The van der Waals surface area contributed by atoms with Crippen LogP contribution in [0.1, 0.15) is 29.6 Å². The SMILES string of the molecule is NC(CC1CCN(C(=O)c2ccccc2)CC1)C(=O)O. The van der Waals surface area contributed by atoms with Gasteiger partial charge in [0.1, 0.15) is 6.04 Å². The highest BCUT2D eigenvalue weighted by Crippen LogP contribution is 2.22. The number of hydrogen-bond acceptors (Lipinski definition) is 3. The number of amides is 1. The molecule has 1 atom stereocenters. The smallest absolute Gasteiger partial charge is 0.320 e. The lowest BCUT2D eigenvalue weighted by Gasteiger charge is -2.32. The van der Waals surface area contributed by atoms with Gasteiger partial charge in [0.2, 0.25) is 0 Å². The molecule has 0 aliphatic carbocycles. The molecule has 1 fully saturated rings. The number of aliphatic carboxylic acids is 1. The van der Waals surface area contributed by atoms with Crippen LogP contribution >= 0.6 is 0 Å². The molecule has 2 rings (SSSR count). The lowest BCUT2D eigenvalue weighted by molar-refractivity contribution is -0.139. The van der Waals surface area contributed by atoms with E-state index in [4.69, 9.17) is 10.8 Å². The standard InChI is InChI=1S/C15H20N2O3/c16-13(15(19)20)10-11-6-8-17(9-7-11)14(18)12-4-2-1-3-5-12/h1-5,11,13H,6-10,16H2,(H,19,20). The molecule has 1 aliphatic heterocycles. The fraction of sp³-hybridized carbons (Fsp3) is 0.467. The molecule has 1 aromatic carbocycles. The molecule has 1 heterocycles. The topological polar surface area (TPSA) is 83.6 Å². The summed E-state index contributed by atoms with van der Waals surface area (Å²) in [6.07, 6.45) is 2.13. The molecule has 1 aliphatic rings. The van der Waals surface area contributed by atoms with E-state index in [0.29, 0.717) is 31.0 Å². The average molecular weight is 276 g/mol. The number of hydrogen-bond donors (Lipinski definition) is 2. The van der Waals surface area contributed by atoms with E-state index in [0.717, 1.165) is 12.8 Å². The van der Waals surface area contributed by atoms with Crippen molar-refractivity contribution in [3.8, 4) is 0 Å². The molecule has 1 unspecified atom stereocenters. The summed E-state index contributed by atoms with van der Waals surface area (Å²) in [5.74, 6) is -0.611. The van der Waals surface area contributed by atoms with Crippen molar-refractivity contribution in [2.24, 2.45) is 11.7 Å². The Morgan fingerprint density at radius 1 is 1.25 bits per heavy atom. The van der Waals surface area contributed by atoms with E-state index in [1.54, 1.807) is 0 Å². The molecule has 1 saturated heterocycles. The van der Waals surface area contributed by atoms with Gasteiger partial charge in [0.25, 0.3) is 5.91 Å². The Kier molecular flexibility index (Phi) is 4.74. The van der Waals surface area contributed by atoms with E-state index in [1.165, 1.54) is 0 Å². The number of carboxylic acid groups (broad SMARTS) is 1. The Hall–Kier alpha value is -1.88. The van der Waals surface area contributed by atoms with Crippen LogP contribution in [0.5, 0.6) is 0 Å². The molecule has 1 amide bonds. The second kappa shape index (κ2) is 6.52. The highest BCUT2D eigenvalue weighted by Gasteiger charge is 2.26. The highest BCUT2D eigenvalue weighted by molar-refractivity contribution is 5.94. The van der Waals surface area contributed by atoms with Gasteiger partial charge >= 0.3 is 5.97 Å². The number of piperidine rings is 1. The number of rotatable bonds is 4. The molecule has 0 aromatic heterocycles. The van der Waals surface area contributed by atoms with Crippen molar-refractivity contribution in [1.29, 1.82) is 0 Å². The summed E-state index contributed by atoms with van der Waals surface area (Å²) in [5, 5.41) is 8.81. The summed E-state index contributed by atoms with van der Waals surface area (Å²) < 4.78 is 0. The third-order valence-electron chi connectivity index (χ3n) is 3.83. The summed E-state index contributed by atoms with van der Waals surface area (Å²) in [5.41, 5.74) is 6.25. The van der Waals surface area contributed by atoms with Crippen molar-refractivity contribution >= 4 is 11.9 Å². The van der Waals surface area contributed by atoms with E-state index < -0.39 is 12.0 Å². The first-order valence-corrected chi connectivity index (χ1v) is 6.90. The van der Waals surface area contributed by atoms with Crippen molar-refractivity contribution < 1.29 is 14.7 Å². The van der Waals surface area contributed by atoms with Gasteiger partial charge in [-0.2, -0.15) is 0 Å². The molecule has 1 aromatic rings. The Labute approximate surface area is 118 Å². The van der Waals surface area contributed by atoms with Crippen molar-refractivity contribution in [1.82, 2.24) is 4.90 Å². The molecule has 5 heteroatoms. The zero-order valence-electron chi connectivity index (χ0n) is 11.4. The molecule has 3 N–H and O–H groups in total. The summed E-state index contributed by atoms with van der Waals surface area (Å²) in [6.45, 7) is 1.34. The van der Waals surface area contributed by atoms with Gasteiger partial charge in [0, 0.05) is 18.7 Å². The minimum Gasteiger partial charge on any atom is -0.480 e. The predicted octanol–water partition coefficient (Wildman–Crippen LogP) is 1.34. The molecule has 108 valence electrons. The van der Waals surface area contributed by atoms with Crippen LogP contribution in [-0.4, -0.2) is 41.0 Å². The van der Waals surface area contributed by atoms with E-state index >= 15 is 0 Å². The molecule has 0 saturated carbocycles. The van der Waals surface area contributed by atoms with Gasteiger partial charge in [0.15, 0.2) is 0 Å². The van der Waals surface area contributed by atoms with Crippen LogP contribution in [0.4, 0.5) is 0 Å². The van der Waals surface area contributed by atoms with Crippen LogP contribution in [0, 0.1) is 5.92 Å². The average Bonchev–Trinajstić information content (AvgIpc) is 2.48. The van der Waals surface area contributed by atoms with E-state index in [-0.39, 0.29) is 5.91 Å². The van der Waals surface area contributed by atoms with Gasteiger partial charge in [-0.25, -0.2) is 0 Å². The predicted molar refractivity (Wildman–Crippen MR) is 75.3 cm³/mol. The molecular formula is C15H20N2O3. The number of nitrogens with two attached hydrogens (primary N) is 1. The Morgan fingerprint density at radius 3 is 2.40 bits per heavy atom. The fourth-order valence-electron chi connectivity index (χ4n) is 2.59. The minimum atomic E-state index is -0.951. The highest BCUT2D eigenvalue weighted by atomic mass is 16.4. The zero-order chi connectivity index (χ0) is 14.5. The maximum atomic E-state index is 12.2. The van der Waals surface area contributed by atoms with Gasteiger partial charge < -0.3 is 15.7 Å². The van der Waals surface area contributed by atoms with Gasteiger partial charge in [-0.1, -0.05) is 18.2 Å². The van der Waals surface area contributed by atoms with Crippen LogP contribution in [-0.2, 0) is 4.79 Å². The maximum absolute atomic E-state index is 12.2. The van der Waals surface area contributed by atoms with E-state index in [1.807, 2.05) is 35.2 Å². The monoisotopic (exact) mass is 276 g/mol. The Bertz CT molecular complexity index is 467. The number of likely N-dealkylation sites (tertiary alicyclic amines) is 1. The van der Waals surface area contributed by atoms with Crippen molar-refractivity contribution in [2.75, 3.05) is 13.1 Å². The molecule has 20 heavy (non-hydrogen) atoms. The summed E-state index contributed by atoms with van der Waals surface area (Å²) in [6, 6.07) is 8.42. The van der Waals surface area contributed by atoms with Crippen LogP contribution < -0.4 is 5.73 Å². The number of carboxylic acids is 1. The number of carbonyl (C=O) groups is 2. The molecule has 5 nitrogen and oxygen atoms in total. The molecular weight excluding hydrogens is 256 g/mol. The van der Waals surface area contributed by atoms with Crippen molar-refractivity contribution in [3.05, 3.63) is 35.9 Å². The first-order valence-electron chi connectivity index (χ1n) is 6.90. The first-order chi connectivity index (χ1) is 9.58. The van der Waals surface area contributed by atoms with Crippen LogP contribution in [0.2, 0.25) is 0 Å². The second-order valence-corrected chi connectivity index (χ2v) is 5.28. The number of nitrogens with zero attached hydrogens (tertiary/aromatic N) is 1. The number of carbonyl (C=O) groups excluding carboxylic acids is 1. The van der Waals surface area contributed by atoms with E-state index in [2.05, 4.69) is 0 Å². The second-order valence-electron chi connectivity index (χ2n) is 5.28. The summed E-state index contributed by atoms with van der Waals surface area (Å²) >= 11 is 0. The van der Waals surface area contributed by atoms with Crippen LogP contribution in [0.3, 0.4) is 0 Å². The largest absolute Gasteiger partial charge is 0.480 e. The normalized spacial score (nSPS) is 17.8. The summed E-state index contributed by atoms with van der Waals surface area (Å²) in [4.78, 5) is 24.8. The van der Waals surface area contributed by atoms with E-state index in [9.17, 15) is 9.59 Å². The Morgan fingerprint density at radius 2 is 1.85 bits per heavy atom. The van der Waals surface area contributed by atoms with Crippen molar-refractivity contribution in [2.45, 2.75) is 25.3 Å². The molecule has 0 bridgehead atoms. The fourth-order valence-corrected chi connectivity index (χ4v) is 2.59. The third-order valence-corrected chi connectivity index (χ3v) is 3.83. The van der Waals surface area contributed by atoms with Crippen LogP contribution in [0.25, 0.3) is 0 Å². The van der Waals surface area contributed by atoms with Gasteiger partial charge in [0.05, 0.1) is 0 Å². The third kappa shape index (κ3) is 3.57. The first kappa shape index (κ1) is 14.5. The minimum absolute atomic E-state index is 0.0478. The van der Waals surface area contributed by atoms with Gasteiger partial charge in [-0.15, -0.1) is 0 Å². The maximum Gasteiger partial charge on any atom is 0.320 e. The quantitative estimate of drug-likeness (QED) is 0.869. The number of benzene rings is 1. The van der Waals surface area contributed by atoms with Gasteiger partial charge in [-0.05, 0) is 37.3 Å². The molecule has 0 radical (unpaired) electrons.